The lowest BCUT2D eigenvalue weighted by molar-refractivity contribution is -0.136. The molecular weight excluding hydrogens is 456 g/mol. The van der Waals surface area contributed by atoms with Crippen LogP contribution in [-0.4, -0.2) is 65.5 Å². The molecular formula is C23H30N6O6. The van der Waals surface area contributed by atoms with Crippen molar-refractivity contribution >= 4 is 41.3 Å². The first-order chi connectivity index (χ1) is 16.7. The molecule has 3 amide bonds. The number of nitrogens with two attached hydrogens (primary N) is 2. The Morgan fingerprint density at radius 1 is 1.20 bits per heavy atom. The first kappa shape index (κ1) is 27.0. The number of nitrogens with zero attached hydrogens (tertiary/aromatic N) is 1. The van der Waals surface area contributed by atoms with Crippen LogP contribution in [0.2, 0.25) is 0 Å². The van der Waals surface area contributed by atoms with Crippen LogP contribution in [0.15, 0.2) is 35.3 Å². The van der Waals surface area contributed by atoms with Crippen LogP contribution in [-0.2, 0) is 24.0 Å². The van der Waals surface area contributed by atoms with Crippen LogP contribution in [0, 0.1) is 0 Å². The first-order valence-corrected chi connectivity index (χ1v) is 11.1. The zero-order valence-electron chi connectivity index (χ0n) is 19.2. The molecule has 1 aromatic carbocycles. The topological polar surface area (TPSA) is 206 Å². The Balaban J connectivity index is 2.01. The van der Waals surface area contributed by atoms with Crippen molar-refractivity contribution in [3.63, 3.8) is 0 Å². The summed E-state index contributed by atoms with van der Waals surface area (Å²) in [4.78, 5) is 65.4. The minimum Gasteiger partial charge on any atom is -0.507 e. The Morgan fingerprint density at radius 2 is 1.94 bits per heavy atom. The fourth-order valence-corrected chi connectivity index (χ4v) is 3.32. The van der Waals surface area contributed by atoms with E-state index in [1.165, 1.54) is 12.1 Å². The third kappa shape index (κ3) is 9.27. The van der Waals surface area contributed by atoms with Crippen molar-refractivity contribution in [1.82, 2.24) is 16.0 Å². The number of ketones is 2. The number of aliphatic imine (C=N–C) groups is 1. The van der Waals surface area contributed by atoms with E-state index in [4.69, 9.17) is 11.5 Å². The lowest BCUT2D eigenvalue weighted by atomic mass is 10.0. The molecule has 1 heterocycles. The first-order valence-electron chi connectivity index (χ1n) is 11.1. The Hall–Kier alpha value is -4.22. The Bertz CT molecular complexity index is 1020. The molecule has 1 saturated heterocycles. The van der Waals surface area contributed by atoms with Crippen LogP contribution in [0.25, 0.3) is 6.08 Å². The second kappa shape index (κ2) is 13.5. The number of nitrogens with one attached hydrogen (secondary N) is 3. The number of Topliss-reactive ketones (excluding diaryl/α,β-unsaturated/α-hetero) is 2. The number of phenols is 1. The van der Waals surface area contributed by atoms with Crippen molar-refractivity contribution in [2.75, 3.05) is 13.1 Å². The molecule has 0 aliphatic carbocycles. The van der Waals surface area contributed by atoms with Crippen molar-refractivity contribution in [3.8, 4) is 5.75 Å². The van der Waals surface area contributed by atoms with Crippen molar-refractivity contribution < 1.29 is 29.1 Å². The van der Waals surface area contributed by atoms with Gasteiger partial charge in [0.2, 0.25) is 11.8 Å². The van der Waals surface area contributed by atoms with Crippen LogP contribution < -0.4 is 27.4 Å². The second-order valence-electron chi connectivity index (χ2n) is 7.91. The van der Waals surface area contributed by atoms with Gasteiger partial charge in [0.1, 0.15) is 5.75 Å². The SMILES string of the molecule is NC(N)=NCCC[C@H](NC(=O)C1NC(=O)CCCC1=O)C(=O)CNC(=O)/C=C\c1ccccc1O. The predicted molar refractivity (Wildman–Crippen MR) is 128 cm³/mol. The van der Waals surface area contributed by atoms with E-state index in [-0.39, 0.29) is 37.5 Å². The summed E-state index contributed by atoms with van der Waals surface area (Å²) in [5.41, 5.74) is 11.0. The van der Waals surface area contributed by atoms with E-state index in [9.17, 15) is 29.1 Å². The number of aromatic hydroxyl groups is 1. The fraction of sp³-hybridized carbons (Fsp3) is 0.391. The van der Waals surface area contributed by atoms with Gasteiger partial charge >= 0.3 is 0 Å². The van der Waals surface area contributed by atoms with Crippen LogP contribution in [0.4, 0.5) is 0 Å². The number of amides is 3. The van der Waals surface area contributed by atoms with E-state index in [0.29, 0.717) is 18.4 Å². The van der Waals surface area contributed by atoms with Crippen LogP contribution >= 0.6 is 0 Å². The molecule has 2 atom stereocenters. The molecule has 2 rings (SSSR count). The molecule has 12 heteroatoms. The Kier molecular flexibility index (Phi) is 10.4. The van der Waals surface area contributed by atoms with E-state index in [2.05, 4.69) is 20.9 Å². The summed E-state index contributed by atoms with van der Waals surface area (Å²) >= 11 is 0. The highest BCUT2D eigenvalue weighted by molar-refractivity contribution is 6.09. The highest BCUT2D eigenvalue weighted by Crippen LogP contribution is 2.16. The van der Waals surface area contributed by atoms with Crippen molar-refractivity contribution in [3.05, 3.63) is 35.9 Å². The molecule has 1 fully saturated rings. The van der Waals surface area contributed by atoms with Gasteiger partial charge in [0.15, 0.2) is 23.6 Å². The minimum absolute atomic E-state index is 0.00340. The van der Waals surface area contributed by atoms with E-state index in [1.807, 2.05) is 0 Å². The van der Waals surface area contributed by atoms with Gasteiger partial charge in [-0.05, 0) is 31.4 Å². The van der Waals surface area contributed by atoms with Gasteiger partial charge < -0.3 is 32.5 Å². The van der Waals surface area contributed by atoms with Crippen molar-refractivity contribution in [2.45, 2.75) is 44.2 Å². The highest BCUT2D eigenvalue weighted by atomic mass is 16.3. The molecule has 188 valence electrons. The molecule has 1 aliphatic rings. The molecule has 1 aromatic rings. The number of rotatable bonds is 11. The number of benzene rings is 1. The fourth-order valence-electron chi connectivity index (χ4n) is 3.32. The monoisotopic (exact) mass is 486 g/mol. The van der Waals surface area contributed by atoms with E-state index in [0.717, 1.165) is 6.08 Å². The van der Waals surface area contributed by atoms with Crippen LogP contribution in [0.5, 0.6) is 5.75 Å². The lowest BCUT2D eigenvalue weighted by Crippen LogP contribution is -2.55. The van der Waals surface area contributed by atoms with E-state index >= 15 is 0 Å². The summed E-state index contributed by atoms with van der Waals surface area (Å²) in [5.74, 6) is -2.88. The van der Waals surface area contributed by atoms with E-state index in [1.54, 1.807) is 18.2 Å². The van der Waals surface area contributed by atoms with E-state index < -0.39 is 47.9 Å². The number of hydrogen-bond donors (Lipinski definition) is 6. The van der Waals surface area contributed by atoms with Gasteiger partial charge in [-0.3, -0.25) is 29.0 Å². The van der Waals surface area contributed by atoms with Gasteiger partial charge in [0, 0.05) is 31.0 Å². The second-order valence-corrected chi connectivity index (χ2v) is 7.91. The van der Waals surface area contributed by atoms with Gasteiger partial charge in [-0.15, -0.1) is 0 Å². The van der Waals surface area contributed by atoms with Crippen molar-refractivity contribution in [2.24, 2.45) is 16.5 Å². The maximum atomic E-state index is 12.8. The summed E-state index contributed by atoms with van der Waals surface area (Å²) in [7, 11) is 0. The molecule has 0 aromatic heterocycles. The number of hydrogen-bond acceptors (Lipinski definition) is 7. The van der Waals surface area contributed by atoms with Gasteiger partial charge in [-0.2, -0.15) is 0 Å². The quantitative estimate of drug-likeness (QED) is 0.0739. The van der Waals surface area contributed by atoms with Gasteiger partial charge in [-0.1, -0.05) is 18.2 Å². The third-order valence-corrected chi connectivity index (χ3v) is 5.15. The normalized spacial score (nSPS) is 16.6. The summed E-state index contributed by atoms with van der Waals surface area (Å²) in [6.07, 6.45) is 3.57. The number of phenolic OH excluding ortho intramolecular Hbond substituents is 1. The average molecular weight is 487 g/mol. The molecule has 0 saturated carbocycles. The zero-order valence-corrected chi connectivity index (χ0v) is 19.2. The standard InChI is InChI=1S/C23H30N6O6/c24-23(25)26-12-4-6-15(28-22(35)21-17(31)8-3-9-20(34)29-21)18(32)13-27-19(33)11-10-14-5-1-2-7-16(14)30/h1-2,5,7,10-11,15,21,30H,3-4,6,8-9,12-13H2,(H,27,33)(H,28,35)(H,29,34)(H4,24,25,26)/b11-10-/t15-,21?/m0/s1. The summed E-state index contributed by atoms with van der Waals surface area (Å²) in [6, 6.07) is 3.98. The van der Waals surface area contributed by atoms with Gasteiger partial charge in [0.05, 0.1) is 12.6 Å². The molecule has 35 heavy (non-hydrogen) atoms. The largest absolute Gasteiger partial charge is 0.507 e. The lowest BCUT2D eigenvalue weighted by Gasteiger charge is -2.21. The smallest absolute Gasteiger partial charge is 0.250 e. The molecule has 1 aliphatic heterocycles. The average Bonchev–Trinajstić information content (AvgIpc) is 2.98. The van der Waals surface area contributed by atoms with Gasteiger partial charge in [-0.25, -0.2) is 0 Å². The zero-order chi connectivity index (χ0) is 25.8. The molecule has 0 bridgehead atoms. The molecule has 12 nitrogen and oxygen atoms in total. The summed E-state index contributed by atoms with van der Waals surface area (Å²) < 4.78 is 0. The third-order valence-electron chi connectivity index (χ3n) is 5.15. The highest BCUT2D eigenvalue weighted by Gasteiger charge is 2.32. The van der Waals surface area contributed by atoms with Crippen LogP contribution in [0.1, 0.15) is 37.7 Å². The van der Waals surface area contributed by atoms with Crippen LogP contribution in [0.3, 0.4) is 0 Å². The number of para-hydroxylation sites is 1. The minimum atomic E-state index is -1.38. The summed E-state index contributed by atoms with van der Waals surface area (Å²) in [6.45, 7) is -0.196. The number of guanidine groups is 1. The molecule has 1 unspecified atom stereocenters. The van der Waals surface area contributed by atoms with Crippen molar-refractivity contribution in [1.29, 1.82) is 0 Å². The Morgan fingerprint density at radius 3 is 2.66 bits per heavy atom. The van der Waals surface area contributed by atoms with Gasteiger partial charge in [0.25, 0.3) is 5.91 Å². The summed E-state index contributed by atoms with van der Waals surface area (Å²) in [5, 5.41) is 17.1. The molecule has 0 spiro atoms. The Labute approximate surface area is 202 Å². The predicted octanol–water partition coefficient (Wildman–Crippen LogP) is -1.13. The maximum absolute atomic E-state index is 12.8. The number of carbonyl (C=O) groups is 5. The maximum Gasteiger partial charge on any atom is 0.250 e. The molecule has 0 radical (unpaired) electrons. The number of carbonyl (C=O) groups excluding carboxylic acids is 5. The molecule has 8 N–H and O–H groups in total.